The molecule has 1 amide bonds. The van der Waals surface area contributed by atoms with Gasteiger partial charge in [-0.2, -0.15) is 0 Å². The van der Waals surface area contributed by atoms with E-state index in [9.17, 15) is 4.79 Å². The molecule has 1 heterocycles. The van der Waals surface area contributed by atoms with Crippen molar-refractivity contribution in [1.29, 1.82) is 0 Å². The van der Waals surface area contributed by atoms with Gasteiger partial charge in [-0.25, -0.2) is 4.79 Å². The molecule has 1 aromatic rings. The average Bonchev–Trinajstić information content (AvgIpc) is 3.16. The van der Waals surface area contributed by atoms with Crippen molar-refractivity contribution in [2.24, 2.45) is 0 Å². The van der Waals surface area contributed by atoms with E-state index >= 15 is 0 Å². The highest BCUT2D eigenvalue weighted by Gasteiger charge is 2.10. The molecule has 0 aliphatic heterocycles. The first kappa shape index (κ1) is 27.3. The normalized spacial score (nSPS) is 12.0. The molecule has 1 atom stereocenters. The van der Waals surface area contributed by atoms with Crippen molar-refractivity contribution in [1.82, 2.24) is 10.5 Å². The first-order chi connectivity index (χ1) is 15.1. The number of carbonyl (C=O) groups excluding carboxylic acids is 1. The Morgan fingerprint density at radius 2 is 1.48 bits per heavy atom. The van der Waals surface area contributed by atoms with E-state index in [1.165, 1.54) is 83.5 Å². The van der Waals surface area contributed by atoms with Gasteiger partial charge in [0.1, 0.15) is 18.5 Å². The summed E-state index contributed by atoms with van der Waals surface area (Å²) in [4.78, 5) is 11.7. The third-order valence-electron chi connectivity index (χ3n) is 5.34. The van der Waals surface area contributed by atoms with Crippen LogP contribution in [0.25, 0.3) is 0 Å². The molecule has 1 aromatic heterocycles. The Morgan fingerprint density at radius 3 is 1.97 bits per heavy atom. The van der Waals surface area contributed by atoms with E-state index in [-0.39, 0.29) is 6.61 Å². The van der Waals surface area contributed by atoms with Gasteiger partial charge in [0.05, 0.1) is 0 Å². The number of rotatable bonds is 20. The third-order valence-corrected chi connectivity index (χ3v) is 5.34. The van der Waals surface area contributed by atoms with Crippen LogP contribution >= 0.6 is 0 Å². The van der Waals surface area contributed by atoms with Crippen molar-refractivity contribution >= 4 is 6.09 Å². The van der Waals surface area contributed by atoms with Crippen LogP contribution in [-0.2, 0) is 4.74 Å². The summed E-state index contributed by atoms with van der Waals surface area (Å²) >= 11 is 0. The number of carbonyl (C=O) groups is 1. The Labute approximate surface area is 189 Å². The maximum Gasteiger partial charge on any atom is 0.407 e. The fourth-order valence-electron chi connectivity index (χ4n) is 3.51. The zero-order valence-electron chi connectivity index (χ0n) is 20.0. The molecule has 0 fully saturated rings. The summed E-state index contributed by atoms with van der Waals surface area (Å²) in [5.41, 5.74) is 0. The third kappa shape index (κ3) is 16.6. The van der Waals surface area contributed by atoms with Gasteiger partial charge < -0.3 is 19.3 Å². The second-order valence-corrected chi connectivity index (χ2v) is 8.49. The van der Waals surface area contributed by atoms with Crippen LogP contribution in [0.2, 0.25) is 0 Å². The van der Waals surface area contributed by atoms with Crippen molar-refractivity contribution in [2.75, 3.05) is 13.2 Å². The number of nitrogens with one attached hydrogen (secondary N) is 1. The molecule has 0 aromatic carbocycles. The predicted octanol–water partition coefficient (Wildman–Crippen LogP) is 7.16. The first-order valence-electron chi connectivity index (χ1n) is 12.5. The molecular formula is C25H45N2O4. The molecule has 179 valence electrons. The Hall–Kier alpha value is -1.72. The van der Waals surface area contributed by atoms with Crippen LogP contribution in [0.5, 0.6) is 5.88 Å². The zero-order valence-corrected chi connectivity index (χ0v) is 20.0. The topological polar surface area (TPSA) is 73.6 Å². The smallest absolute Gasteiger partial charge is 0.407 e. The summed E-state index contributed by atoms with van der Waals surface area (Å²) in [7, 11) is 0. The molecule has 1 unspecified atom stereocenters. The number of amides is 1. The summed E-state index contributed by atoms with van der Waals surface area (Å²) in [6.45, 7) is 8.54. The van der Waals surface area contributed by atoms with E-state index in [1.54, 1.807) is 13.0 Å². The Kier molecular flexibility index (Phi) is 16.7. The van der Waals surface area contributed by atoms with Crippen molar-refractivity contribution in [3.8, 4) is 5.88 Å². The molecule has 31 heavy (non-hydrogen) atoms. The summed E-state index contributed by atoms with van der Waals surface area (Å²) < 4.78 is 15.4. The van der Waals surface area contributed by atoms with E-state index in [0.717, 1.165) is 12.8 Å². The standard InChI is InChI=1S/C25H45N2O4/c1-4-5-6-7-8-9-10-11-12-13-14-15-16-17-18-19-26-25(28)29-21-23(3)30-24-20-22(2)31-27-24/h20,23H,3-19,21H2,1-2H3,(H,26,28). The summed E-state index contributed by atoms with van der Waals surface area (Å²) in [5.74, 6) is 1.00. The predicted molar refractivity (Wildman–Crippen MR) is 125 cm³/mol. The minimum absolute atomic E-state index is 0.0661. The van der Waals surface area contributed by atoms with Crippen LogP contribution in [-0.4, -0.2) is 30.5 Å². The molecule has 1 rings (SSSR count). The second-order valence-electron chi connectivity index (χ2n) is 8.49. The number of hydrogen-bond acceptors (Lipinski definition) is 5. The quantitative estimate of drug-likeness (QED) is 0.219. The maximum absolute atomic E-state index is 11.7. The lowest BCUT2D eigenvalue weighted by Crippen LogP contribution is -2.29. The van der Waals surface area contributed by atoms with Crippen molar-refractivity contribution in [3.05, 3.63) is 18.8 Å². The fourth-order valence-corrected chi connectivity index (χ4v) is 3.51. The Balaban J connectivity index is 1.80. The van der Waals surface area contributed by atoms with E-state index in [1.807, 2.05) is 0 Å². The second kappa shape index (κ2) is 19.0. The summed E-state index contributed by atoms with van der Waals surface area (Å²) in [5, 5.41) is 6.49. The number of aryl methyl sites for hydroxylation is 1. The lowest BCUT2D eigenvalue weighted by atomic mass is 10.0. The van der Waals surface area contributed by atoms with Gasteiger partial charge in [-0.3, -0.25) is 0 Å². The molecular weight excluding hydrogens is 392 g/mol. The van der Waals surface area contributed by atoms with Gasteiger partial charge in [-0.1, -0.05) is 96.8 Å². The van der Waals surface area contributed by atoms with Crippen LogP contribution in [0.15, 0.2) is 10.6 Å². The van der Waals surface area contributed by atoms with Crippen LogP contribution in [0.1, 0.15) is 109 Å². The summed E-state index contributed by atoms with van der Waals surface area (Å²) in [6.07, 6.45) is 19.0. The van der Waals surface area contributed by atoms with Gasteiger partial charge in [-0.15, -0.1) is 0 Å². The zero-order chi connectivity index (χ0) is 22.6. The van der Waals surface area contributed by atoms with E-state index < -0.39 is 12.2 Å². The van der Waals surface area contributed by atoms with Crippen molar-refractivity contribution < 1.29 is 18.8 Å². The maximum atomic E-state index is 11.7. The molecule has 1 radical (unpaired) electrons. The van der Waals surface area contributed by atoms with Gasteiger partial charge in [0.15, 0.2) is 0 Å². The number of hydrogen-bond donors (Lipinski definition) is 1. The van der Waals surface area contributed by atoms with Crippen LogP contribution in [0.4, 0.5) is 4.79 Å². The molecule has 0 saturated carbocycles. The van der Waals surface area contributed by atoms with Crippen LogP contribution in [0, 0.1) is 13.8 Å². The number of ether oxygens (including phenoxy) is 2. The molecule has 0 aliphatic carbocycles. The van der Waals surface area contributed by atoms with Crippen LogP contribution < -0.4 is 10.1 Å². The molecule has 0 spiro atoms. The van der Waals surface area contributed by atoms with Crippen molar-refractivity contribution in [2.45, 2.75) is 116 Å². The first-order valence-corrected chi connectivity index (χ1v) is 12.5. The summed E-state index contributed by atoms with van der Waals surface area (Å²) in [6, 6.07) is 1.66. The van der Waals surface area contributed by atoms with Crippen molar-refractivity contribution in [3.63, 3.8) is 0 Å². The lowest BCUT2D eigenvalue weighted by molar-refractivity contribution is 0.0964. The minimum atomic E-state index is -0.527. The van der Waals surface area contributed by atoms with Gasteiger partial charge >= 0.3 is 6.09 Å². The Bertz CT molecular complexity index is 547. The monoisotopic (exact) mass is 437 g/mol. The number of unbranched alkanes of at least 4 members (excludes halogenated alkanes) is 14. The number of alkyl carbamates (subject to hydrolysis) is 1. The highest BCUT2D eigenvalue weighted by molar-refractivity contribution is 5.67. The number of nitrogens with zero attached hydrogens (tertiary/aromatic N) is 1. The highest BCUT2D eigenvalue weighted by atomic mass is 16.6. The van der Waals surface area contributed by atoms with Gasteiger partial charge in [0.25, 0.3) is 5.88 Å². The molecule has 6 nitrogen and oxygen atoms in total. The van der Waals surface area contributed by atoms with E-state index in [2.05, 4.69) is 24.3 Å². The fraction of sp³-hybridized carbons (Fsp3) is 0.800. The molecule has 0 bridgehead atoms. The molecule has 0 saturated heterocycles. The van der Waals surface area contributed by atoms with Gasteiger partial charge in [-0.05, 0) is 25.4 Å². The lowest BCUT2D eigenvalue weighted by Gasteiger charge is -2.12. The van der Waals surface area contributed by atoms with E-state index in [4.69, 9.17) is 14.0 Å². The largest absolute Gasteiger partial charge is 0.469 e. The SMILES string of the molecule is [CH2]C(COC(=O)NCCCCCCCCCCCCCCCCC)Oc1cc(C)on1. The van der Waals surface area contributed by atoms with Gasteiger partial charge in [0.2, 0.25) is 0 Å². The van der Waals surface area contributed by atoms with E-state index in [0.29, 0.717) is 18.2 Å². The minimum Gasteiger partial charge on any atom is -0.469 e. The Morgan fingerprint density at radius 1 is 0.968 bits per heavy atom. The average molecular weight is 438 g/mol. The van der Waals surface area contributed by atoms with Crippen LogP contribution in [0.3, 0.4) is 0 Å². The highest BCUT2D eigenvalue weighted by Crippen LogP contribution is 2.13. The molecule has 6 heteroatoms. The van der Waals surface area contributed by atoms with Gasteiger partial charge in [0, 0.05) is 12.6 Å². The molecule has 0 aliphatic rings. The number of aromatic nitrogens is 1. The molecule has 1 N–H and O–H groups in total.